The molecule has 0 radical (unpaired) electrons. The van der Waals surface area contributed by atoms with E-state index in [1.165, 1.54) is 17.8 Å². The van der Waals surface area contributed by atoms with Gasteiger partial charge in [-0.15, -0.1) is 11.3 Å². The van der Waals surface area contributed by atoms with E-state index >= 15 is 0 Å². The van der Waals surface area contributed by atoms with E-state index in [9.17, 15) is 9.59 Å². The van der Waals surface area contributed by atoms with Crippen molar-refractivity contribution in [2.75, 3.05) is 13.2 Å². The molecule has 1 aromatic heterocycles. The number of hydrogen-bond donors (Lipinski definition) is 2. The number of aromatic nitrogens is 1. The number of rotatable bonds is 5. The zero-order chi connectivity index (χ0) is 19.2. The third kappa shape index (κ3) is 3.09. The molecule has 1 aromatic rings. The van der Waals surface area contributed by atoms with Gasteiger partial charge in [-0.3, -0.25) is 9.59 Å². The second-order valence-corrected chi connectivity index (χ2v) is 9.73. The molecule has 0 unspecified atom stereocenters. The lowest BCUT2D eigenvalue weighted by Gasteiger charge is -2.53. The first kappa shape index (κ1) is 18.9. The fraction of sp³-hybridized carbons (Fsp3) is 0.750. The van der Waals surface area contributed by atoms with Crippen LogP contribution in [0.2, 0.25) is 0 Å². The summed E-state index contributed by atoms with van der Waals surface area (Å²) in [6, 6.07) is 0.210. The molecule has 1 aliphatic heterocycles. The van der Waals surface area contributed by atoms with Gasteiger partial charge >= 0.3 is 0 Å². The number of nitrogens with zero attached hydrogens (tertiary/aromatic N) is 1. The first-order valence-corrected chi connectivity index (χ1v) is 10.8. The van der Waals surface area contributed by atoms with Crippen molar-refractivity contribution in [3.8, 4) is 0 Å². The van der Waals surface area contributed by atoms with Crippen molar-refractivity contribution in [1.82, 2.24) is 15.6 Å². The number of thiazole rings is 1. The van der Waals surface area contributed by atoms with Crippen LogP contribution in [-0.2, 0) is 9.53 Å². The maximum atomic E-state index is 12.1. The lowest BCUT2D eigenvalue weighted by Crippen LogP contribution is -2.60. The number of nitrogens with one attached hydrogen (secondary N) is 2. The number of amides is 2. The first-order valence-electron chi connectivity index (χ1n) is 9.89. The van der Waals surface area contributed by atoms with Crippen molar-refractivity contribution in [2.24, 2.45) is 22.7 Å². The van der Waals surface area contributed by atoms with Crippen LogP contribution < -0.4 is 10.6 Å². The van der Waals surface area contributed by atoms with Gasteiger partial charge in [-0.2, -0.15) is 0 Å². The SMILES string of the molecule is CC(=O)N[C@H]1C(C)(C)[C@@H]2C[C@@H]3[C@@H](CCNC(=O)c4cscn4)OCC[C@@]31C2. The van der Waals surface area contributed by atoms with E-state index in [0.29, 0.717) is 24.1 Å². The molecule has 2 amide bonds. The van der Waals surface area contributed by atoms with Gasteiger partial charge in [-0.25, -0.2) is 4.98 Å². The van der Waals surface area contributed by atoms with Gasteiger partial charge < -0.3 is 15.4 Å². The molecule has 2 N–H and O–H groups in total. The van der Waals surface area contributed by atoms with Crippen molar-refractivity contribution < 1.29 is 14.3 Å². The van der Waals surface area contributed by atoms with Crippen molar-refractivity contribution in [2.45, 2.75) is 58.6 Å². The van der Waals surface area contributed by atoms with E-state index in [4.69, 9.17) is 4.74 Å². The fourth-order valence-electron chi connectivity index (χ4n) is 6.14. The van der Waals surface area contributed by atoms with E-state index in [-0.39, 0.29) is 34.8 Å². The van der Waals surface area contributed by atoms with Crippen LogP contribution in [0.5, 0.6) is 0 Å². The standard InChI is InChI=1S/C20H29N3O3S/c1-12(24)23-18-19(2,3)13-8-14-16(26-7-5-20(14,18)9-13)4-6-21-17(25)15-10-27-11-22-15/h10-11,13-14,16,18H,4-9H2,1-3H3,(H,21,25)(H,23,24)/t13-,14-,16-,18+,20-/m1/s1. The number of carbonyl (C=O) groups is 2. The zero-order valence-electron chi connectivity index (χ0n) is 16.3. The summed E-state index contributed by atoms with van der Waals surface area (Å²) in [5, 5.41) is 8.03. The molecule has 3 fully saturated rings. The Bertz CT molecular complexity index is 720. The number of fused-ring (bicyclic) bond motifs is 1. The molecule has 2 saturated carbocycles. The highest BCUT2D eigenvalue weighted by Crippen LogP contribution is 2.68. The minimum absolute atomic E-state index is 0.0623. The monoisotopic (exact) mass is 391 g/mol. The number of ether oxygens (including phenoxy) is 1. The van der Waals surface area contributed by atoms with Crippen LogP contribution >= 0.6 is 11.3 Å². The van der Waals surface area contributed by atoms with Gasteiger partial charge in [-0.05, 0) is 48.3 Å². The maximum Gasteiger partial charge on any atom is 0.270 e. The van der Waals surface area contributed by atoms with E-state index in [2.05, 4.69) is 29.5 Å². The molecule has 2 aliphatic carbocycles. The third-order valence-corrected chi connectivity index (χ3v) is 7.94. The summed E-state index contributed by atoms with van der Waals surface area (Å²) in [7, 11) is 0. The highest BCUT2D eigenvalue weighted by atomic mass is 32.1. The summed E-state index contributed by atoms with van der Waals surface area (Å²) in [5.41, 5.74) is 2.42. The Balaban J connectivity index is 1.43. The minimum atomic E-state index is -0.119. The average molecular weight is 392 g/mol. The lowest BCUT2D eigenvalue weighted by atomic mass is 9.59. The van der Waals surface area contributed by atoms with E-state index in [1.54, 1.807) is 17.8 Å². The van der Waals surface area contributed by atoms with Crippen LogP contribution in [-0.4, -0.2) is 42.1 Å². The Morgan fingerprint density at radius 2 is 2.22 bits per heavy atom. The Hall–Kier alpha value is -1.47. The van der Waals surface area contributed by atoms with Crippen LogP contribution in [0.15, 0.2) is 10.9 Å². The van der Waals surface area contributed by atoms with Crippen molar-refractivity contribution in [1.29, 1.82) is 0 Å². The molecule has 27 heavy (non-hydrogen) atoms. The Morgan fingerprint density at radius 1 is 1.41 bits per heavy atom. The molecule has 2 heterocycles. The fourth-order valence-corrected chi connectivity index (χ4v) is 6.67. The molecule has 1 spiro atoms. The maximum absolute atomic E-state index is 12.1. The molecule has 4 rings (SSSR count). The van der Waals surface area contributed by atoms with Crippen molar-refractivity contribution in [3.05, 3.63) is 16.6 Å². The summed E-state index contributed by atoms with van der Waals surface area (Å²) < 4.78 is 6.16. The predicted octanol–water partition coefficient (Wildman–Crippen LogP) is 2.61. The minimum Gasteiger partial charge on any atom is -0.378 e. The molecule has 5 atom stereocenters. The third-order valence-electron chi connectivity index (χ3n) is 7.35. The molecular formula is C20H29N3O3S. The van der Waals surface area contributed by atoms with Crippen molar-refractivity contribution in [3.63, 3.8) is 0 Å². The van der Waals surface area contributed by atoms with Crippen molar-refractivity contribution >= 4 is 23.2 Å². The quantitative estimate of drug-likeness (QED) is 0.809. The molecule has 1 saturated heterocycles. The number of carbonyl (C=O) groups excluding carboxylic acids is 2. The van der Waals surface area contributed by atoms with Crippen LogP contribution in [0.1, 0.15) is 56.9 Å². The summed E-state index contributed by atoms with van der Waals surface area (Å²) >= 11 is 1.42. The molecule has 0 aromatic carbocycles. The Morgan fingerprint density at radius 3 is 2.93 bits per heavy atom. The largest absolute Gasteiger partial charge is 0.378 e. The first-order chi connectivity index (χ1) is 12.8. The van der Waals surface area contributed by atoms with Gasteiger partial charge in [0.05, 0.1) is 11.6 Å². The van der Waals surface area contributed by atoms with Gasteiger partial charge in [0.15, 0.2) is 0 Å². The van der Waals surface area contributed by atoms with E-state index in [0.717, 1.165) is 25.9 Å². The van der Waals surface area contributed by atoms with Gasteiger partial charge in [0, 0.05) is 31.5 Å². The average Bonchev–Trinajstić information content (AvgIpc) is 3.30. The lowest BCUT2D eigenvalue weighted by molar-refractivity contribution is -0.135. The van der Waals surface area contributed by atoms with Crippen LogP contribution in [0, 0.1) is 22.7 Å². The van der Waals surface area contributed by atoms with E-state index in [1.807, 2.05) is 0 Å². The highest BCUT2D eigenvalue weighted by Gasteiger charge is 2.68. The normalized spacial score (nSPS) is 36.3. The zero-order valence-corrected chi connectivity index (χ0v) is 17.1. The summed E-state index contributed by atoms with van der Waals surface area (Å²) in [4.78, 5) is 28.0. The Labute approximate surface area is 164 Å². The van der Waals surface area contributed by atoms with Gasteiger partial charge in [0.2, 0.25) is 5.91 Å². The molecule has 2 bridgehead atoms. The summed E-state index contributed by atoms with van der Waals surface area (Å²) in [6.45, 7) is 7.56. The Kier molecular flexibility index (Phi) is 4.79. The second kappa shape index (κ2) is 6.85. The van der Waals surface area contributed by atoms with Crippen LogP contribution in [0.25, 0.3) is 0 Å². The van der Waals surface area contributed by atoms with Crippen LogP contribution in [0.3, 0.4) is 0 Å². The summed E-state index contributed by atoms with van der Waals surface area (Å²) in [6.07, 6.45) is 4.31. The molecule has 7 heteroatoms. The highest BCUT2D eigenvalue weighted by molar-refractivity contribution is 7.07. The van der Waals surface area contributed by atoms with Gasteiger partial charge in [0.1, 0.15) is 5.69 Å². The topological polar surface area (TPSA) is 80.3 Å². The van der Waals surface area contributed by atoms with E-state index < -0.39 is 0 Å². The smallest absolute Gasteiger partial charge is 0.270 e. The number of hydrogen-bond acceptors (Lipinski definition) is 5. The van der Waals surface area contributed by atoms with Gasteiger partial charge in [-0.1, -0.05) is 13.8 Å². The molecular weight excluding hydrogens is 362 g/mol. The molecule has 3 aliphatic rings. The predicted molar refractivity (Wildman–Crippen MR) is 103 cm³/mol. The molecule has 148 valence electrons. The van der Waals surface area contributed by atoms with Gasteiger partial charge in [0.25, 0.3) is 5.91 Å². The molecule has 6 nitrogen and oxygen atoms in total. The van der Waals surface area contributed by atoms with Crippen LogP contribution in [0.4, 0.5) is 0 Å². The summed E-state index contributed by atoms with van der Waals surface area (Å²) in [5.74, 6) is 1.02. The second-order valence-electron chi connectivity index (χ2n) is 9.01.